The molecule has 1 aliphatic heterocycles. The normalized spacial score (nSPS) is 19.5. The van der Waals surface area contributed by atoms with Gasteiger partial charge in [-0.2, -0.15) is 0 Å². The fourth-order valence-electron chi connectivity index (χ4n) is 2.69. The Morgan fingerprint density at radius 2 is 2.32 bits per heavy atom. The van der Waals surface area contributed by atoms with Gasteiger partial charge in [0.1, 0.15) is 0 Å². The molecule has 1 aromatic carbocycles. The lowest BCUT2D eigenvalue weighted by molar-refractivity contribution is 0.0673. The maximum absolute atomic E-state index is 12.6. The number of halogens is 1. The summed E-state index contributed by atoms with van der Waals surface area (Å²) in [6.45, 7) is 4.82. The number of piperidine rings is 1. The van der Waals surface area contributed by atoms with Gasteiger partial charge in [0.25, 0.3) is 5.91 Å². The van der Waals surface area contributed by atoms with E-state index in [1.165, 1.54) is 12.0 Å². The van der Waals surface area contributed by atoms with E-state index < -0.39 is 0 Å². The van der Waals surface area contributed by atoms with Gasteiger partial charge in [0, 0.05) is 16.7 Å². The Balaban J connectivity index is 2.12. The molecule has 1 saturated heterocycles. The van der Waals surface area contributed by atoms with Crippen LogP contribution in [0.5, 0.6) is 0 Å². The number of hydrogen-bond acceptors (Lipinski definition) is 2. The van der Waals surface area contributed by atoms with Gasteiger partial charge < -0.3 is 10.2 Å². The number of carbonyl (C=O) groups excluding carboxylic acids is 1. The Morgan fingerprint density at radius 1 is 1.53 bits per heavy atom. The predicted molar refractivity (Wildman–Crippen MR) is 86.5 cm³/mol. The van der Waals surface area contributed by atoms with Gasteiger partial charge in [-0.15, -0.1) is 0 Å². The van der Waals surface area contributed by atoms with Crippen molar-refractivity contribution in [2.45, 2.75) is 19.8 Å². The first-order valence-corrected chi connectivity index (χ1v) is 7.90. The molecule has 104 valence electrons. The van der Waals surface area contributed by atoms with E-state index >= 15 is 0 Å². The highest BCUT2D eigenvalue weighted by atomic mass is 127. The molecule has 0 saturated carbocycles. The molecule has 1 aromatic rings. The molecule has 1 amide bonds. The van der Waals surface area contributed by atoms with Crippen LogP contribution in [0.15, 0.2) is 18.2 Å². The van der Waals surface area contributed by atoms with E-state index in [0.29, 0.717) is 5.92 Å². The summed E-state index contributed by atoms with van der Waals surface area (Å²) in [5.41, 5.74) is 2.03. The van der Waals surface area contributed by atoms with Crippen LogP contribution in [0.3, 0.4) is 0 Å². The Kier molecular flexibility index (Phi) is 5.21. The molecule has 0 radical (unpaired) electrons. The minimum Gasteiger partial charge on any atom is -0.338 e. The van der Waals surface area contributed by atoms with Crippen molar-refractivity contribution in [2.75, 3.05) is 26.7 Å². The molecule has 1 fully saturated rings. The number of aryl methyl sites for hydroxylation is 1. The van der Waals surface area contributed by atoms with E-state index in [1.807, 2.05) is 24.1 Å². The van der Waals surface area contributed by atoms with Crippen molar-refractivity contribution >= 4 is 28.5 Å². The highest BCUT2D eigenvalue weighted by Crippen LogP contribution is 2.22. The van der Waals surface area contributed by atoms with Crippen LogP contribution in [0, 0.1) is 16.4 Å². The van der Waals surface area contributed by atoms with Crippen LogP contribution in [0.25, 0.3) is 0 Å². The molecule has 2 rings (SSSR count). The van der Waals surface area contributed by atoms with Crippen molar-refractivity contribution in [3.05, 3.63) is 32.9 Å². The molecule has 1 aliphatic rings. The quantitative estimate of drug-likeness (QED) is 0.828. The second kappa shape index (κ2) is 6.70. The number of hydrogen-bond donors (Lipinski definition) is 1. The zero-order valence-corrected chi connectivity index (χ0v) is 13.7. The maximum atomic E-state index is 12.6. The Bertz CT molecular complexity index is 459. The van der Waals surface area contributed by atoms with Crippen LogP contribution >= 0.6 is 22.6 Å². The zero-order valence-electron chi connectivity index (χ0n) is 11.6. The number of nitrogens with zero attached hydrogens (tertiary/aromatic N) is 1. The lowest BCUT2D eigenvalue weighted by Crippen LogP contribution is -2.42. The lowest BCUT2D eigenvalue weighted by atomic mass is 9.97. The number of carbonyl (C=O) groups is 1. The molecule has 1 unspecified atom stereocenters. The SMILES string of the molecule is CNCC1CCCN(C(=O)c2cccc(C)c2I)C1. The Hall–Kier alpha value is -0.620. The molecule has 1 N–H and O–H groups in total. The van der Waals surface area contributed by atoms with Gasteiger partial charge in [-0.25, -0.2) is 0 Å². The zero-order chi connectivity index (χ0) is 13.8. The van der Waals surface area contributed by atoms with Gasteiger partial charge >= 0.3 is 0 Å². The van der Waals surface area contributed by atoms with E-state index in [1.54, 1.807) is 0 Å². The first-order valence-electron chi connectivity index (χ1n) is 6.82. The van der Waals surface area contributed by atoms with Gasteiger partial charge in [0.15, 0.2) is 0 Å². The van der Waals surface area contributed by atoms with E-state index in [9.17, 15) is 4.79 Å². The number of amides is 1. The van der Waals surface area contributed by atoms with Crippen LogP contribution in [-0.2, 0) is 0 Å². The van der Waals surface area contributed by atoms with Crippen LogP contribution in [0.2, 0.25) is 0 Å². The first kappa shape index (κ1) is 14.8. The summed E-state index contributed by atoms with van der Waals surface area (Å²) in [6.07, 6.45) is 2.33. The molecule has 3 nitrogen and oxygen atoms in total. The molecule has 0 aromatic heterocycles. The molecule has 4 heteroatoms. The molecule has 1 atom stereocenters. The highest BCUT2D eigenvalue weighted by molar-refractivity contribution is 14.1. The first-order chi connectivity index (χ1) is 9.13. The maximum Gasteiger partial charge on any atom is 0.254 e. The fourth-order valence-corrected chi connectivity index (χ4v) is 3.28. The molecule has 0 aliphatic carbocycles. The number of benzene rings is 1. The van der Waals surface area contributed by atoms with E-state index in [0.717, 1.165) is 35.2 Å². The van der Waals surface area contributed by atoms with E-state index in [4.69, 9.17) is 0 Å². The van der Waals surface area contributed by atoms with Crippen molar-refractivity contribution in [1.29, 1.82) is 0 Å². The summed E-state index contributed by atoms with van der Waals surface area (Å²) in [7, 11) is 1.98. The van der Waals surface area contributed by atoms with Gasteiger partial charge in [-0.3, -0.25) is 4.79 Å². The largest absolute Gasteiger partial charge is 0.338 e. The van der Waals surface area contributed by atoms with E-state index in [-0.39, 0.29) is 5.91 Å². The summed E-state index contributed by atoms with van der Waals surface area (Å²) in [4.78, 5) is 14.6. The lowest BCUT2D eigenvalue weighted by Gasteiger charge is -2.33. The summed E-state index contributed by atoms with van der Waals surface area (Å²) in [5.74, 6) is 0.777. The minimum absolute atomic E-state index is 0.189. The average molecular weight is 372 g/mol. The summed E-state index contributed by atoms with van der Waals surface area (Å²) < 4.78 is 1.08. The number of nitrogens with one attached hydrogen (secondary N) is 1. The van der Waals surface area contributed by atoms with Crippen LogP contribution in [0.1, 0.15) is 28.8 Å². The van der Waals surface area contributed by atoms with Gasteiger partial charge in [-0.05, 0) is 73.5 Å². The molecular formula is C15H21IN2O. The molecule has 0 bridgehead atoms. The average Bonchev–Trinajstić information content (AvgIpc) is 2.42. The van der Waals surface area contributed by atoms with Gasteiger partial charge in [-0.1, -0.05) is 12.1 Å². The van der Waals surface area contributed by atoms with Gasteiger partial charge in [0.05, 0.1) is 5.56 Å². The Labute approximate surface area is 128 Å². The standard InChI is InChI=1S/C15H21IN2O/c1-11-5-3-7-13(14(11)16)15(19)18-8-4-6-12(10-18)9-17-2/h3,5,7,12,17H,4,6,8-10H2,1-2H3. The number of rotatable bonds is 3. The monoisotopic (exact) mass is 372 g/mol. The number of likely N-dealkylation sites (tertiary alicyclic amines) is 1. The molecule has 19 heavy (non-hydrogen) atoms. The minimum atomic E-state index is 0.189. The van der Waals surface area contributed by atoms with Crippen molar-refractivity contribution < 1.29 is 4.79 Å². The van der Waals surface area contributed by atoms with Crippen molar-refractivity contribution in [3.8, 4) is 0 Å². The topological polar surface area (TPSA) is 32.3 Å². The molecule has 0 spiro atoms. The predicted octanol–water partition coefficient (Wildman–Crippen LogP) is 2.67. The van der Waals surface area contributed by atoms with Crippen LogP contribution < -0.4 is 5.32 Å². The Morgan fingerprint density at radius 3 is 3.05 bits per heavy atom. The second-order valence-corrected chi connectivity index (χ2v) is 6.33. The fraction of sp³-hybridized carbons (Fsp3) is 0.533. The summed E-state index contributed by atoms with van der Waals surface area (Å²) >= 11 is 2.28. The van der Waals surface area contributed by atoms with Crippen molar-refractivity contribution in [2.24, 2.45) is 5.92 Å². The third-order valence-corrected chi connectivity index (χ3v) is 5.15. The summed E-state index contributed by atoms with van der Waals surface area (Å²) in [6, 6.07) is 5.97. The highest BCUT2D eigenvalue weighted by Gasteiger charge is 2.25. The molecular weight excluding hydrogens is 351 g/mol. The van der Waals surface area contributed by atoms with E-state index in [2.05, 4.69) is 40.9 Å². The third-order valence-electron chi connectivity index (χ3n) is 3.72. The smallest absolute Gasteiger partial charge is 0.254 e. The van der Waals surface area contributed by atoms with Crippen LogP contribution in [0.4, 0.5) is 0 Å². The summed E-state index contributed by atoms with van der Waals surface area (Å²) in [5, 5.41) is 3.22. The molecule has 1 heterocycles. The van der Waals surface area contributed by atoms with Crippen molar-refractivity contribution in [3.63, 3.8) is 0 Å². The van der Waals surface area contributed by atoms with Crippen LogP contribution in [-0.4, -0.2) is 37.5 Å². The third kappa shape index (κ3) is 3.48. The van der Waals surface area contributed by atoms with Crippen molar-refractivity contribution in [1.82, 2.24) is 10.2 Å². The second-order valence-electron chi connectivity index (χ2n) is 5.25. The van der Waals surface area contributed by atoms with Gasteiger partial charge in [0.2, 0.25) is 0 Å².